The fraction of sp³-hybridized carbons (Fsp3) is 0.357. The van der Waals surface area contributed by atoms with Crippen LogP contribution in [0.15, 0.2) is 53.7 Å². The molecule has 0 radical (unpaired) electrons. The van der Waals surface area contributed by atoms with Gasteiger partial charge in [-0.3, -0.25) is 14.4 Å². The van der Waals surface area contributed by atoms with Gasteiger partial charge in [-0.1, -0.05) is 22.5 Å². The maximum absolute atomic E-state index is 13.8. The molecule has 3 amide bonds. The summed E-state index contributed by atoms with van der Waals surface area (Å²) in [7, 11) is 0. The van der Waals surface area contributed by atoms with Gasteiger partial charge in [0, 0.05) is 66.5 Å². The molecule has 0 saturated carbocycles. The van der Waals surface area contributed by atoms with Crippen LogP contribution >= 0.6 is 15.9 Å². The maximum Gasteiger partial charge on any atom is 0.417 e. The molecule has 5 rings (SSSR count). The zero-order valence-electron chi connectivity index (χ0n) is 22.2. The topological polar surface area (TPSA) is 90.8 Å². The Balaban J connectivity index is 1.29. The number of nitrogens with one attached hydrogen (secondary N) is 1. The molecule has 2 aromatic heterocycles. The monoisotopic (exact) mass is 632 g/mol. The van der Waals surface area contributed by atoms with Gasteiger partial charge in [-0.25, -0.2) is 4.98 Å². The molecule has 0 bridgehead atoms. The highest BCUT2D eigenvalue weighted by molar-refractivity contribution is 9.10. The smallest absolute Gasteiger partial charge is 0.353 e. The summed E-state index contributed by atoms with van der Waals surface area (Å²) in [5.74, 6) is -0.146. The summed E-state index contributed by atoms with van der Waals surface area (Å²) in [5.41, 5.74) is 1.09. The molecule has 3 aromatic rings. The number of carbonyl (C=O) groups excluding carboxylic acids is 3. The van der Waals surface area contributed by atoms with Crippen molar-refractivity contribution in [1.29, 1.82) is 0 Å². The predicted molar refractivity (Wildman–Crippen MR) is 150 cm³/mol. The number of fused-ring (bicyclic) bond motifs is 1. The number of nitrogens with zero attached hydrogens (tertiary/aromatic N) is 5. The highest BCUT2D eigenvalue weighted by atomic mass is 79.9. The Kier molecular flexibility index (Phi) is 7.82. The van der Waals surface area contributed by atoms with Crippen LogP contribution in [-0.4, -0.2) is 82.4 Å². The second kappa shape index (κ2) is 11.2. The molecule has 0 aliphatic carbocycles. The van der Waals surface area contributed by atoms with Gasteiger partial charge in [-0.05, 0) is 43.3 Å². The summed E-state index contributed by atoms with van der Waals surface area (Å²) in [5, 5.41) is 3.66. The zero-order chi connectivity index (χ0) is 29.5. The minimum Gasteiger partial charge on any atom is -0.353 e. The summed E-state index contributed by atoms with van der Waals surface area (Å²) in [6.07, 6.45) is -2.38. The Bertz CT molecular complexity index is 1510. The van der Waals surface area contributed by atoms with E-state index in [1.807, 2.05) is 34.6 Å². The van der Waals surface area contributed by atoms with Crippen LogP contribution in [0.5, 0.6) is 0 Å². The van der Waals surface area contributed by atoms with Crippen molar-refractivity contribution in [2.75, 3.05) is 44.2 Å². The maximum atomic E-state index is 13.8. The summed E-state index contributed by atoms with van der Waals surface area (Å²) in [6, 6.07) is 7.78. The summed E-state index contributed by atoms with van der Waals surface area (Å²) >= 11 is 3.48. The minimum absolute atomic E-state index is 0.0104. The van der Waals surface area contributed by atoms with E-state index in [2.05, 4.69) is 32.8 Å². The van der Waals surface area contributed by atoms with Crippen molar-refractivity contribution in [3.63, 3.8) is 0 Å². The normalized spacial score (nSPS) is 16.1. The number of halogens is 4. The molecule has 41 heavy (non-hydrogen) atoms. The van der Waals surface area contributed by atoms with Crippen LogP contribution in [0.2, 0.25) is 0 Å². The Morgan fingerprint density at radius 1 is 1.10 bits per heavy atom. The van der Waals surface area contributed by atoms with Gasteiger partial charge in [0.25, 0.3) is 5.91 Å². The van der Waals surface area contributed by atoms with Crippen LogP contribution in [0, 0.1) is 6.92 Å². The molecule has 0 spiro atoms. The lowest BCUT2D eigenvalue weighted by molar-refractivity contribution is -0.137. The fourth-order valence-electron chi connectivity index (χ4n) is 5.26. The van der Waals surface area contributed by atoms with Crippen LogP contribution in [0.25, 0.3) is 10.9 Å². The van der Waals surface area contributed by atoms with Crippen molar-refractivity contribution < 1.29 is 27.6 Å². The van der Waals surface area contributed by atoms with Gasteiger partial charge >= 0.3 is 6.18 Å². The first-order valence-electron chi connectivity index (χ1n) is 13.0. The first-order chi connectivity index (χ1) is 19.5. The molecule has 0 unspecified atom stereocenters. The van der Waals surface area contributed by atoms with E-state index in [-0.39, 0.29) is 30.3 Å². The zero-order valence-corrected chi connectivity index (χ0v) is 23.8. The molecule has 0 atom stereocenters. The molecule has 13 heteroatoms. The number of alkyl halides is 3. The van der Waals surface area contributed by atoms with Gasteiger partial charge in [0.05, 0.1) is 17.2 Å². The Morgan fingerprint density at radius 2 is 1.80 bits per heavy atom. The van der Waals surface area contributed by atoms with E-state index in [9.17, 15) is 27.6 Å². The average molecular weight is 633 g/mol. The van der Waals surface area contributed by atoms with Crippen molar-refractivity contribution in [2.24, 2.45) is 0 Å². The number of likely N-dealkylation sites (tertiary alicyclic amines) is 1. The van der Waals surface area contributed by atoms with Crippen LogP contribution in [0.1, 0.15) is 21.6 Å². The second-order valence-electron chi connectivity index (χ2n) is 10.1. The van der Waals surface area contributed by atoms with Crippen LogP contribution < -0.4 is 10.2 Å². The van der Waals surface area contributed by atoms with E-state index in [1.54, 1.807) is 9.80 Å². The number of benzene rings is 1. The lowest BCUT2D eigenvalue weighted by atomic mass is 10.1. The summed E-state index contributed by atoms with van der Waals surface area (Å²) in [4.78, 5) is 47.5. The van der Waals surface area contributed by atoms with Gasteiger partial charge in [0.2, 0.25) is 11.8 Å². The van der Waals surface area contributed by atoms with Crippen molar-refractivity contribution in [3.8, 4) is 0 Å². The standard InChI is InChI=1S/C28H28BrF3N6O3/c1-3-25(40)37-14-20(15-37)34-24(39)16-38-17(2)26(21-12-19(29)5-6-22(21)38)27(41)36-10-8-35(9-11-36)23-7-4-18(13-33-23)28(30,31)32/h3-7,12-13,20H,1,8-11,14-16H2,2H3,(H,34,39). The Morgan fingerprint density at radius 3 is 2.41 bits per heavy atom. The van der Waals surface area contributed by atoms with E-state index in [0.29, 0.717) is 61.7 Å². The molecular weight excluding hydrogens is 605 g/mol. The third-order valence-electron chi connectivity index (χ3n) is 7.50. The van der Waals surface area contributed by atoms with Gasteiger partial charge in [-0.2, -0.15) is 13.2 Å². The van der Waals surface area contributed by atoms with E-state index in [0.717, 1.165) is 22.3 Å². The summed E-state index contributed by atoms with van der Waals surface area (Å²) < 4.78 is 41.3. The van der Waals surface area contributed by atoms with Gasteiger partial charge in [-0.15, -0.1) is 0 Å². The van der Waals surface area contributed by atoms with E-state index >= 15 is 0 Å². The van der Waals surface area contributed by atoms with Gasteiger partial charge in [0.1, 0.15) is 12.4 Å². The number of carbonyl (C=O) groups is 3. The minimum atomic E-state index is -4.45. The first-order valence-corrected chi connectivity index (χ1v) is 13.8. The molecule has 216 valence electrons. The van der Waals surface area contributed by atoms with Crippen molar-refractivity contribution in [3.05, 3.63) is 70.5 Å². The molecule has 1 N–H and O–H groups in total. The SMILES string of the molecule is C=CC(=O)N1CC(NC(=O)Cn2c(C)c(C(=O)N3CCN(c4ccc(C(F)(F)F)cn4)CC3)c3cc(Br)ccc32)C1. The number of rotatable bonds is 6. The third kappa shape index (κ3) is 5.81. The Labute approximate surface area is 242 Å². The van der Waals surface area contributed by atoms with E-state index < -0.39 is 11.7 Å². The quantitative estimate of drug-likeness (QED) is 0.420. The van der Waals surface area contributed by atoms with Gasteiger partial charge < -0.3 is 24.6 Å². The second-order valence-corrected chi connectivity index (χ2v) is 11.0. The number of pyridine rings is 1. The molecule has 2 aliphatic heterocycles. The van der Waals surface area contributed by atoms with Crippen molar-refractivity contribution >= 4 is 50.4 Å². The highest BCUT2D eigenvalue weighted by Crippen LogP contribution is 2.31. The number of amides is 3. The largest absolute Gasteiger partial charge is 0.417 e. The number of hydrogen-bond acceptors (Lipinski definition) is 5. The van der Waals surface area contributed by atoms with E-state index in [1.165, 1.54) is 12.1 Å². The number of anilines is 1. The first kappa shape index (κ1) is 28.7. The van der Waals surface area contributed by atoms with Crippen LogP contribution in [0.3, 0.4) is 0 Å². The fourth-order valence-corrected chi connectivity index (χ4v) is 5.62. The third-order valence-corrected chi connectivity index (χ3v) is 7.99. The van der Waals surface area contributed by atoms with E-state index in [4.69, 9.17) is 0 Å². The lowest BCUT2D eigenvalue weighted by Crippen LogP contribution is -2.61. The van der Waals surface area contributed by atoms with Gasteiger partial charge in [0.15, 0.2) is 0 Å². The lowest BCUT2D eigenvalue weighted by Gasteiger charge is -2.38. The molecule has 4 heterocycles. The van der Waals surface area contributed by atoms with Crippen LogP contribution in [-0.2, 0) is 22.3 Å². The molecule has 1 aromatic carbocycles. The molecular formula is C28H28BrF3N6O3. The van der Waals surface area contributed by atoms with Crippen molar-refractivity contribution in [2.45, 2.75) is 25.7 Å². The predicted octanol–water partition coefficient (Wildman–Crippen LogP) is 3.60. The molecule has 2 aliphatic rings. The number of piperazine rings is 1. The van der Waals surface area contributed by atoms with Crippen molar-refractivity contribution in [1.82, 2.24) is 24.7 Å². The number of aromatic nitrogens is 2. The molecule has 9 nitrogen and oxygen atoms in total. The Hall–Kier alpha value is -3.87. The van der Waals surface area contributed by atoms with Crippen LogP contribution in [0.4, 0.5) is 19.0 Å². The summed E-state index contributed by atoms with van der Waals surface area (Å²) in [6.45, 7) is 7.70. The molecule has 2 fully saturated rings. The average Bonchev–Trinajstić information content (AvgIpc) is 3.19. The highest BCUT2D eigenvalue weighted by Gasteiger charge is 2.33. The number of hydrogen-bond donors (Lipinski definition) is 1. The molecule has 2 saturated heterocycles.